The van der Waals surface area contributed by atoms with Gasteiger partial charge < -0.3 is 9.64 Å². The van der Waals surface area contributed by atoms with E-state index in [9.17, 15) is 4.79 Å². The molecule has 0 bridgehead atoms. The molecule has 1 saturated heterocycles. The average Bonchev–Trinajstić information content (AvgIpc) is 2.70. The number of hydrogen-bond acceptors (Lipinski definition) is 5. The number of esters is 1. The number of rotatable bonds is 7. The minimum Gasteiger partial charge on any atom is -0.462 e. The van der Waals surface area contributed by atoms with Crippen LogP contribution in [0.4, 0.5) is 5.82 Å². The molecule has 2 aromatic rings. The van der Waals surface area contributed by atoms with Crippen molar-refractivity contribution in [1.82, 2.24) is 9.88 Å². The van der Waals surface area contributed by atoms with Crippen LogP contribution in [0.3, 0.4) is 0 Å². The van der Waals surface area contributed by atoms with Gasteiger partial charge >= 0.3 is 5.97 Å². The summed E-state index contributed by atoms with van der Waals surface area (Å²) in [6.07, 6.45) is 3.94. The van der Waals surface area contributed by atoms with Crippen LogP contribution < -0.4 is 4.90 Å². The summed E-state index contributed by atoms with van der Waals surface area (Å²) in [5.74, 6) is 0.622. The molecule has 138 valence electrons. The van der Waals surface area contributed by atoms with E-state index in [1.54, 1.807) is 19.2 Å². The fourth-order valence-corrected chi connectivity index (χ4v) is 3.26. The normalized spacial score (nSPS) is 15.0. The molecule has 0 amide bonds. The predicted molar refractivity (Wildman–Crippen MR) is 104 cm³/mol. The number of aromatic nitrogens is 1. The minimum absolute atomic E-state index is 0.310. The molecule has 1 aromatic heterocycles. The lowest BCUT2D eigenvalue weighted by Crippen LogP contribution is -2.47. The molecule has 3 rings (SSSR count). The second kappa shape index (κ2) is 9.34. The zero-order valence-electron chi connectivity index (χ0n) is 15.4. The molecule has 1 fully saturated rings. The highest BCUT2D eigenvalue weighted by Crippen LogP contribution is 2.15. The molecule has 5 heteroatoms. The molecule has 0 atom stereocenters. The Balaban J connectivity index is 1.42. The number of ether oxygens (including phenoxy) is 1. The van der Waals surface area contributed by atoms with Gasteiger partial charge in [0, 0.05) is 32.4 Å². The Morgan fingerprint density at radius 1 is 1.08 bits per heavy atom. The van der Waals surface area contributed by atoms with E-state index in [0.29, 0.717) is 12.2 Å². The molecule has 2 heterocycles. The molecule has 0 radical (unpaired) electrons. The topological polar surface area (TPSA) is 45.7 Å². The van der Waals surface area contributed by atoms with E-state index < -0.39 is 0 Å². The first kappa shape index (κ1) is 18.4. The van der Waals surface area contributed by atoms with Crippen LogP contribution in [0.5, 0.6) is 0 Å². The first-order valence-corrected chi connectivity index (χ1v) is 9.40. The molecular formula is C21H27N3O2. The van der Waals surface area contributed by atoms with E-state index in [4.69, 9.17) is 4.74 Å². The summed E-state index contributed by atoms with van der Waals surface area (Å²) in [7, 11) is 0. The summed E-state index contributed by atoms with van der Waals surface area (Å²) in [6, 6.07) is 14.4. The van der Waals surface area contributed by atoms with Crippen molar-refractivity contribution in [2.24, 2.45) is 0 Å². The number of hydrogen-bond donors (Lipinski definition) is 0. The number of aryl methyl sites for hydroxylation is 1. The zero-order chi connectivity index (χ0) is 18.2. The van der Waals surface area contributed by atoms with Crippen LogP contribution >= 0.6 is 0 Å². The Hall–Kier alpha value is -2.40. The van der Waals surface area contributed by atoms with Gasteiger partial charge in [-0.05, 0) is 44.0 Å². The Bertz CT molecular complexity index is 680. The highest BCUT2D eigenvalue weighted by Gasteiger charge is 2.18. The van der Waals surface area contributed by atoms with Crippen molar-refractivity contribution in [2.45, 2.75) is 19.8 Å². The molecule has 0 unspecified atom stereocenters. The average molecular weight is 353 g/mol. The van der Waals surface area contributed by atoms with Gasteiger partial charge in [-0.25, -0.2) is 9.78 Å². The van der Waals surface area contributed by atoms with Gasteiger partial charge in [-0.15, -0.1) is 0 Å². The quantitative estimate of drug-likeness (QED) is 0.716. The standard InChI is InChI=1S/C21H27N3O2/c1-2-26-21(25)19-10-11-20(22-17-19)24-15-13-23(14-16-24)12-6-9-18-7-4-3-5-8-18/h3-5,7-8,10-11,17H,2,6,9,12-16H2,1H3. The number of carbonyl (C=O) groups is 1. The van der Waals surface area contributed by atoms with Crippen LogP contribution in [-0.2, 0) is 11.2 Å². The van der Waals surface area contributed by atoms with Crippen molar-refractivity contribution in [3.63, 3.8) is 0 Å². The van der Waals surface area contributed by atoms with Crippen molar-refractivity contribution in [3.8, 4) is 0 Å². The fraction of sp³-hybridized carbons (Fsp3) is 0.429. The molecule has 0 saturated carbocycles. The van der Waals surface area contributed by atoms with E-state index in [-0.39, 0.29) is 5.97 Å². The van der Waals surface area contributed by atoms with Gasteiger partial charge in [0.2, 0.25) is 0 Å². The van der Waals surface area contributed by atoms with Crippen LogP contribution in [0.15, 0.2) is 48.7 Å². The minimum atomic E-state index is -0.310. The fourth-order valence-electron chi connectivity index (χ4n) is 3.26. The maximum atomic E-state index is 11.7. The molecule has 0 aliphatic carbocycles. The van der Waals surface area contributed by atoms with Gasteiger partial charge in [0.1, 0.15) is 5.82 Å². The highest BCUT2D eigenvalue weighted by molar-refractivity contribution is 5.89. The second-order valence-electron chi connectivity index (χ2n) is 6.54. The summed E-state index contributed by atoms with van der Waals surface area (Å²) >= 11 is 0. The predicted octanol–water partition coefficient (Wildman–Crippen LogP) is 3.01. The number of benzene rings is 1. The Morgan fingerprint density at radius 3 is 2.50 bits per heavy atom. The van der Waals surface area contributed by atoms with Gasteiger partial charge in [0.15, 0.2) is 0 Å². The lowest BCUT2D eigenvalue weighted by Gasteiger charge is -2.35. The lowest BCUT2D eigenvalue weighted by atomic mass is 10.1. The first-order valence-electron chi connectivity index (χ1n) is 9.40. The molecule has 1 aromatic carbocycles. The van der Waals surface area contributed by atoms with Crippen LogP contribution in [0.2, 0.25) is 0 Å². The van der Waals surface area contributed by atoms with Crippen LogP contribution in [0.25, 0.3) is 0 Å². The van der Waals surface area contributed by atoms with Crippen molar-refractivity contribution in [1.29, 1.82) is 0 Å². The van der Waals surface area contributed by atoms with Crippen molar-refractivity contribution >= 4 is 11.8 Å². The first-order chi connectivity index (χ1) is 12.8. The molecule has 0 N–H and O–H groups in total. The van der Waals surface area contributed by atoms with Gasteiger partial charge in [-0.2, -0.15) is 0 Å². The van der Waals surface area contributed by atoms with Crippen LogP contribution in [-0.4, -0.2) is 55.2 Å². The summed E-state index contributed by atoms with van der Waals surface area (Å²) in [5.41, 5.74) is 1.92. The third-order valence-corrected chi connectivity index (χ3v) is 4.74. The van der Waals surface area contributed by atoms with Crippen molar-refractivity contribution in [2.75, 3.05) is 44.2 Å². The lowest BCUT2D eigenvalue weighted by molar-refractivity contribution is 0.0526. The third-order valence-electron chi connectivity index (χ3n) is 4.74. The molecule has 5 nitrogen and oxygen atoms in total. The Morgan fingerprint density at radius 2 is 1.85 bits per heavy atom. The monoisotopic (exact) mass is 353 g/mol. The Kier molecular flexibility index (Phi) is 6.61. The third kappa shape index (κ3) is 5.05. The molecule has 0 spiro atoms. The number of piperazine rings is 1. The SMILES string of the molecule is CCOC(=O)c1ccc(N2CCN(CCCc3ccccc3)CC2)nc1. The van der Waals surface area contributed by atoms with E-state index in [1.807, 2.05) is 6.07 Å². The summed E-state index contributed by atoms with van der Waals surface area (Å²) < 4.78 is 5.00. The summed E-state index contributed by atoms with van der Waals surface area (Å²) in [6.45, 7) is 7.37. The summed E-state index contributed by atoms with van der Waals surface area (Å²) in [4.78, 5) is 20.9. The molecule has 1 aliphatic heterocycles. The number of carbonyl (C=O) groups excluding carboxylic acids is 1. The number of nitrogens with zero attached hydrogens (tertiary/aromatic N) is 3. The van der Waals surface area contributed by atoms with Gasteiger partial charge in [-0.3, -0.25) is 4.90 Å². The largest absolute Gasteiger partial charge is 0.462 e. The second-order valence-corrected chi connectivity index (χ2v) is 6.54. The molecule has 26 heavy (non-hydrogen) atoms. The van der Waals surface area contributed by atoms with Crippen molar-refractivity contribution < 1.29 is 9.53 Å². The Labute approximate surface area is 155 Å². The van der Waals surface area contributed by atoms with Gasteiger partial charge in [0.05, 0.1) is 12.2 Å². The maximum Gasteiger partial charge on any atom is 0.339 e. The van der Waals surface area contributed by atoms with E-state index >= 15 is 0 Å². The van der Waals surface area contributed by atoms with E-state index in [2.05, 4.69) is 45.1 Å². The van der Waals surface area contributed by atoms with Gasteiger partial charge in [-0.1, -0.05) is 30.3 Å². The van der Waals surface area contributed by atoms with E-state index in [1.165, 1.54) is 12.0 Å². The van der Waals surface area contributed by atoms with Gasteiger partial charge in [0.25, 0.3) is 0 Å². The number of anilines is 1. The van der Waals surface area contributed by atoms with Crippen LogP contribution in [0, 0.1) is 0 Å². The molecule has 1 aliphatic rings. The smallest absolute Gasteiger partial charge is 0.339 e. The number of pyridine rings is 1. The van der Waals surface area contributed by atoms with Crippen molar-refractivity contribution in [3.05, 3.63) is 59.8 Å². The molecular weight excluding hydrogens is 326 g/mol. The van der Waals surface area contributed by atoms with E-state index in [0.717, 1.165) is 45.0 Å². The highest BCUT2D eigenvalue weighted by atomic mass is 16.5. The van der Waals surface area contributed by atoms with Crippen LogP contribution in [0.1, 0.15) is 29.3 Å². The maximum absolute atomic E-state index is 11.7. The zero-order valence-corrected chi connectivity index (χ0v) is 15.4. The summed E-state index contributed by atoms with van der Waals surface area (Å²) in [5, 5.41) is 0.